The fourth-order valence-electron chi connectivity index (χ4n) is 1.89. The molecule has 0 heterocycles. The van der Waals surface area contributed by atoms with Crippen LogP contribution < -0.4 is 0 Å². The Morgan fingerprint density at radius 1 is 1.33 bits per heavy atom. The minimum absolute atomic E-state index is 0.0133. The Kier molecular flexibility index (Phi) is 5.41. The molecule has 0 saturated heterocycles. The van der Waals surface area contributed by atoms with Crippen LogP contribution >= 0.6 is 0 Å². The molecule has 0 saturated carbocycles. The Bertz CT molecular complexity index is 692. The van der Waals surface area contributed by atoms with Crippen molar-refractivity contribution in [2.45, 2.75) is 32.1 Å². The molecule has 114 valence electrons. The van der Waals surface area contributed by atoms with Crippen LogP contribution in [0.4, 0.5) is 5.69 Å². The Morgan fingerprint density at radius 2 is 1.90 bits per heavy atom. The molecule has 1 aromatic carbocycles. The molecule has 7 nitrogen and oxygen atoms in total. The summed E-state index contributed by atoms with van der Waals surface area (Å²) in [5.74, 6) is 0. The monoisotopic (exact) mass is 311 g/mol. The molecule has 1 aromatic rings. The van der Waals surface area contributed by atoms with E-state index in [0.29, 0.717) is 11.1 Å². The molecule has 0 aliphatic heterocycles. The van der Waals surface area contributed by atoms with Gasteiger partial charge in [-0.1, -0.05) is 6.92 Å². The van der Waals surface area contributed by atoms with E-state index in [1.807, 2.05) is 6.07 Å². The van der Waals surface area contributed by atoms with Gasteiger partial charge < -0.3 is 0 Å². The fraction of sp³-hybridized carbons (Fsp3) is 0.462. The molecule has 0 aliphatic carbocycles. The molecule has 0 spiro atoms. The molecule has 21 heavy (non-hydrogen) atoms. The number of aryl methyl sites for hydroxylation is 2. The summed E-state index contributed by atoms with van der Waals surface area (Å²) in [6.07, 6.45) is 0.0334. The lowest BCUT2D eigenvalue weighted by Gasteiger charge is -2.19. The molecule has 0 N–H and O–H groups in total. The highest BCUT2D eigenvalue weighted by atomic mass is 32.2. The van der Waals surface area contributed by atoms with Gasteiger partial charge in [0.1, 0.15) is 0 Å². The average molecular weight is 311 g/mol. The van der Waals surface area contributed by atoms with Crippen LogP contribution in [0.15, 0.2) is 17.0 Å². The maximum Gasteiger partial charge on any atom is 0.289 e. The minimum Gasteiger partial charge on any atom is -0.258 e. The lowest BCUT2D eigenvalue weighted by molar-refractivity contribution is -0.387. The topological polar surface area (TPSA) is 104 Å². The van der Waals surface area contributed by atoms with Crippen molar-refractivity contribution in [3.05, 3.63) is 33.4 Å². The molecule has 0 fully saturated rings. The number of benzene rings is 1. The number of nitrogens with zero attached hydrogens (tertiary/aromatic N) is 3. The number of nitro benzene ring substituents is 1. The number of rotatable bonds is 6. The van der Waals surface area contributed by atoms with Gasteiger partial charge in [0.15, 0.2) is 4.90 Å². The van der Waals surface area contributed by atoms with Gasteiger partial charge in [0.2, 0.25) is 10.0 Å². The van der Waals surface area contributed by atoms with Gasteiger partial charge in [0.05, 0.1) is 11.0 Å². The predicted molar refractivity (Wildman–Crippen MR) is 77.2 cm³/mol. The first kappa shape index (κ1) is 17.1. The Morgan fingerprint density at radius 3 is 2.38 bits per heavy atom. The second-order valence-electron chi connectivity index (χ2n) is 4.57. The summed E-state index contributed by atoms with van der Waals surface area (Å²) in [4.78, 5) is 10.1. The molecule has 0 unspecified atom stereocenters. The van der Waals surface area contributed by atoms with Crippen LogP contribution in [0, 0.1) is 35.3 Å². The third kappa shape index (κ3) is 3.56. The van der Waals surface area contributed by atoms with Gasteiger partial charge in [-0.25, -0.2) is 8.42 Å². The Balaban J connectivity index is 3.46. The maximum absolute atomic E-state index is 12.6. The van der Waals surface area contributed by atoms with E-state index in [1.165, 1.54) is 12.1 Å². The molecule has 0 radical (unpaired) electrons. The van der Waals surface area contributed by atoms with E-state index < -0.39 is 20.6 Å². The Hall–Kier alpha value is -1.98. The number of sulfonamides is 1. The molecule has 0 atom stereocenters. The quantitative estimate of drug-likeness (QED) is 0.591. The van der Waals surface area contributed by atoms with Crippen LogP contribution in [0.5, 0.6) is 0 Å². The smallest absolute Gasteiger partial charge is 0.258 e. The van der Waals surface area contributed by atoms with Crippen LogP contribution in [0.25, 0.3) is 0 Å². The zero-order valence-corrected chi connectivity index (χ0v) is 13.0. The van der Waals surface area contributed by atoms with Gasteiger partial charge in [-0.3, -0.25) is 10.1 Å². The largest absolute Gasteiger partial charge is 0.289 e. The molecule has 0 aliphatic rings. The van der Waals surface area contributed by atoms with Crippen molar-refractivity contribution in [3.63, 3.8) is 0 Å². The third-order valence-corrected chi connectivity index (χ3v) is 5.22. The highest BCUT2D eigenvalue weighted by Gasteiger charge is 2.31. The number of nitro groups is 1. The second-order valence-corrected chi connectivity index (χ2v) is 6.47. The van der Waals surface area contributed by atoms with Crippen LogP contribution in [-0.2, 0) is 10.0 Å². The van der Waals surface area contributed by atoms with Crippen molar-refractivity contribution in [1.82, 2.24) is 4.31 Å². The highest BCUT2D eigenvalue weighted by molar-refractivity contribution is 7.89. The summed E-state index contributed by atoms with van der Waals surface area (Å²) in [5.41, 5.74) is 0.879. The van der Waals surface area contributed by atoms with Crippen LogP contribution in [0.3, 0.4) is 0 Å². The molecular weight excluding hydrogens is 294 g/mol. The number of hydrogen-bond donors (Lipinski definition) is 0. The molecule has 0 amide bonds. The van der Waals surface area contributed by atoms with Crippen molar-refractivity contribution in [2.75, 3.05) is 13.1 Å². The van der Waals surface area contributed by atoms with Crippen molar-refractivity contribution >= 4 is 15.7 Å². The van der Waals surface area contributed by atoms with Crippen LogP contribution in [-0.4, -0.2) is 30.7 Å². The van der Waals surface area contributed by atoms with Gasteiger partial charge >= 0.3 is 0 Å². The third-order valence-electron chi connectivity index (χ3n) is 3.22. The first-order valence-electron chi connectivity index (χ1n) is 6.38. The van der Waals surface area contributed by atoms with E-state index in [9.17, 15) is 18.5 Å². The first-order valence-corrected chi connectivity index (χ1v) is 7.82. The van der Waals surface area contributed by atoms with Gasteiger partial charge in [-0.05, 0) is 31.0 Å². The summed E-state index contributed by atoms with van der Waals surface area (Å²) in [6, 6.07) is 4.46. The van der Waals surface area contributed by atoms with Gasteiger partial charge in [0.25, 0.3) is 5.69 Å². The van der Waals surface area contributed by atoms with Crippen molar-refractivity contribution in [3.8, 4) is 6.07 Å². The molecule has 8 heteroatoms. The molecule has 0 bridgehead atoms. The predicted octanol–water partition coefficient (Wildman–Crippen LogP) is 2.14. The van der Waals surface area contributed by atoms with E-state index in [1.54, 1.807) is 20.8 Å². The van der Waals surface area contributed by atoms with Gasteiger partial charge in [0, 0.05) is 25.6 Å². The minimum atomic E-state index is -4.00. The summed E-state index contributed by atoms with van der Waals surface area (Å²) in [6.45, 7) is 5.17. The lowest BCUT2D eigenvalue weighted by atomic mass is 10.1. The van der Waals surface area contributed by atoms with E-state index in [2.05, 4.69) is 0 Å². The van der Waals surface area contributed by atoms with Crippen molar-refractivity contribution < 1.29 is 13.3 Å². The zero-order valence-electron chi connectivity index (χ0n) is 12.2. The highest BCUT2D eigenvalue weighted by Crippen LogP contribution is 2.29. The fourth-order valence-corrected chi connectivity index (χ4v) is 3.56. The number of hydrogen-bond acceptors (Lipinski definition) is 5. The van der Waals surface area contributed by atoms with Crippen LogP contribution in [0.2, 0.25) is 0 Å². The van der Waals surface area contributed by atoms with Gasteiger partial charge in [-0.15, -0.1) is 0 Å². The SMILES string of the molecule is CCN(CCC#N)S(=O)(=O)c1cc(C)c(C)cc1[N+](=O)[O-]. The number of nitriles is 1. The summed E-state index contributed by atoms with van der Waals surface area (Å²) >= 11 is 0. The zero-order chi connectivity index (χ0) is 16.2. The standard InChI is InChI=1S/C13H17N3O4S/c1-4-15(7-5-6-14)21(19,20)13-9-11(3)10(2)8-12(13)16(17)18/h8-9H,4-5,7H2,1-3H3. The summed E-state index contributed by atoms with van der Waals surface area (Å²) in [5, 5.41) is 19.7. The second kappa shape index (κ2) is 6.65. The summed E-state index contributed by atoms with van der Waals surface area (Å²) < 4.78 is 26.2. The van der Waals surface area contributed by atoms with E-state index in [0.717, 1.165) is 4.31 Å². The summed E-state index contributed by atoms with van der Waals surface area (Å²) in [7, 11) is -4.00. The first-order chi connectivity index (χ1) is 9.75. The normalized spacial score (nSPS) is 11.4. The molecule has 0 aromatic heterocycles. The maximum atomic E-state index is 12.6. The Labute approximate surface area is 124 Å². The molecule has 1 rings (SSSR count). The van der Waals surface area contributed by atoms with Crippen molar-refractivity contribution in [1.29, 1.82) is 5.26 Å². The average Bonchev–Trinajstić information content (AvgIpc) is 2.41. The van der Waals surface area contributed by atoms with Gasteiger partial charge in [-0.2, -0.15) is 9.57 Å². The van der Waals surface area contributed by atoms with E-state index in [4.69, 9.17) is 5.26 Å². The van der Waals surface area contributed by atoms with E-state index in [-0.39, 0.29) is 24.4 Å². The lowest BCUT2D eigenvalue weighted by Crippen LogP contribution is -2.32. The van der Waals surface area contributed by atoms with Crippen molar-refractivity contribution in [2.24, 2.45) is 0 Å². The molecular formula is C13H17N3O4S. The van der Waals surface area contributed by atoms with E-state index >= 15 is 0 Å². The van der Waals surface area contributed by atoms with Crippen LogP contribution in [0.1, 0.15) is 24.5 Å².